The summed E-state index contributed by atoms with van der Waals surface area (Å²) in [5, 5.41) is 0.600. The minimum atomic E-state index is 0.361. The van der Waals surface area contributed by atoms with Gasteiger partial charge in [-0.3, -0.25) is 4.98 Å². The van der Waals surface area contributed by atoms with Crippen molar-refractivity contribution in [3.63, 3.8) is 0 Å². The van der Waals surface area contributed by atoms with Gasteiger partial charge < -0.3 is 10.5 Å². The lowest BCUT2D eigenvalue weighted by Crippen LogP contribution is -2.05. The fourth-order valence-corrected chi connectivity index (χ4v) is 1.98. The molecule has 19 heavy (non-hydrogen) atoms. The number of aromatic nitrogens is 1. The van der Waals surface area contributed by atoms with Gasteiger partial charge in [0.25, 0.3) is 0 Å². The Morgan fingerprint density at radius 2 is 2.00 bits per heavy atom. The average molecular weight is 277 g/mol. The third kappa shape index (κ3) is 2.99. The van der Waals surface area contributed by atoms with Crippen LogP contribution in [0.15, 0.2) is 24.4 Å². The Morgan fingerprint density at radius 1 is 1.26 bits per heavy atom. The SMILES string of the molecule is Cc1ccc(Cl)c(OCc2ncc(C)c(N)c2C)c1. The first kappa shape index (κ1) is 13.7. The fourth-order valence-electron chi connectivity index (χ4n) is 1.81. The smallest absolute Gasteiger partial charge is 0.138 e. The third-order valence-electron chi connectivity index (χ3n) is 3.13. The molecule has 0 aliphatic rings. The second kappa shape index (κ2) is 5.49. The summed E-state index contributed by atoms with van der Waals surface area (Å²) in [6.45, 7) is 6.25. The van der Waals surface area contributed by atoms with E-state index in [9.17, 15) is 0 Å². The van der Waals surface area contributed by atoms with Gasteiger partial charge >= 0.3 is 0 Å². The Hall–Kier alpha value is -1.74. The number of pyridine rings is 1. The summed E-state index contributed by atoms with van der Waals surface area (Å²) in [6.07, 6.45) is 1.76. The molecule has 1 aromatic heterocycles. The summed E-state index contributed by atoms with van der Waals surface area (Å²) in [6, 6.07) is 5.69. The number of halogens is 1. The van der Waals surface area contributed by atoms with Crippen molar-refractivity contribution in [3.05, 3.63) is 51.8 Å². The standard InChI is InChI=1S/C15H17ClN2O/c1-9-4-5-12(16)14(6-9)19-8-13-11(3)15(17)10(2)7-18-13/h4-7H,8H2,1-3H3,(H2,17,18). The first-order valence-electron chi connectivity index (χ1n) is 6.08. The van der Waals surface area contributed by atoms with E-state index in [1.807, 2.05) is 39.0 Å². The van der Waals surface area contributed by atoms with E-state index in [0.29, 0.717) is 17.4 Å². The summed E-state index contributed by atoms with van der Waals surface area (Å²) in [5.41, 5.74) is 10.6. The molecule has 100 valence electrons. The van der Waals surface area contributed by atoms with Crippen molar-refractivity contribution in [2.45, 2.75) is 27.4 Å². The molecule has 0 saturated carbocycles. The molecule has 2 rings (SSSR count). The molecule has 3 nitrogen and oxygen atoms in total. The molecule has 0 unspecified atom stereocenters. The topological polar surface area (TPSA) is 48.1 Å². The summed E-state index contributed by atoms with van der Waals surface area (Å²) in [4.78, 5) is 4.36. The van der Waals surface area contributed by atoms with E-state index >= 15 is 0 Å². The first-order valence-corrected chi connectivity index (χ1v) is 6.46. The number of benzene rings is 1. The summed E-state index contributed by atoms with van der Waals surface area (Å²) >= 11 is 6.09. The first-order chi connectivity index (χ1) is 8.99. The highest BCUT2D eigenvalue weighted by Crippen LogP contribution is 2.27. The molecule has 2 N–H and O–H groups in total. The lowest BCUT2D eigenvalue weighted by Gasteiger charge is -2.12. The molecule has 0 radical (unpaired) electrons. The molecule has 0 aliphatic heterocycles. The lowest BCUT2D eigenvalue weighted by atomic mass is 10.1. The molecular weight excluding hydrogens is 260 g/mol. The number of hydrogen-bond donors (Lipinski definition) is 1. The monoisotopic (exact) mass is 276 g/mol. The summed E-state index contributed by atoms with van der Waals surface area (Å²) < 4.78 is 5.73. The maximum Gasteiger partial charge on any atom is 0.138 e. The van der Waals surface area contributed by atoms with E-state index in [1.54, 1.807) is 6.20 Å². The lowest BCUT2D eigenvalue weighted by molar-refractivity contribution is 0.300. The van der Waals surface area contributed by atoms with E-state index < -0.39 is 0 Å². The van der Waals surface area contributed by atoms with E-state index in [4.69, 9.17) is 22.1 Å². The number of nitrogen functional groups attached to an aromatic ring is 1. The maximum atomic E-state index is 6.09. The minimum absolute atomic E-state index is 0.361. The van der Waals surface area contributed by atoms with Crippen molar-refractivity contribution in [1.29, 1.82) is 0 Å². The Morgan fingerprint density at radius 3 is 2.74 bits per heavy atom. The van der Waals surface area contributed by atoms with Gasteiger partial charge in [0.1, 0.15) is 12.4 Å². The molecule has 0 spiro atoms. The van der Waals surface area contributed by atoms with Crippen molar-refractivity contribution in [2.24, 2.45) is 0 Å². The molecule has 0 atom stereocenters. The zero-order valence-corrected chi connectivity index (χ0v) is 12.1. The predicted molar refractivity (Wildman–Crippen MR) is 78.6 cm³/mol. The molecule has 1 heterocycles. The van der Waals surface area contributed by atoms with Crippen LogP contribution in [0.25, 0.3) is 0 Å². The number of ether oxygens (including phenoxy) is 1. The molecule has 0 aliphatic carbocycles. The van der Waals surface area contributed by atoms with Gasteiger partial charge in [0.2, 0.25) is 0 Å². The van der Waals surface area contributed by atoms with Crippen molar-refractivity contribution < 1.29 is 4.74 Å². The van der Waals surface area contributed by atoms with Crippen LogP contribution in [0, 0.1) is 20.8 Å². The molecule has 0 fully saturated rings. The number of rotatable bonds is 3. The number of nitrogens with zero attached hydrogens (tertiary/aromatic N) is 1. The van der Waals surface area contributed by atoms with Gasteiger partial charge in [-0.2, -0.15) is 0 Å². The summed E-state index contributed by atoms with van der Waals surface area (Å²) in [7, 11) is 0. The van der Waals surface area contributed by atoms with Crippen molar-refractivity contribution >= 4 is 17.3 Å². The van der Waals surface area contributed by atoms with Crippen molar-refractivity contribution in [2.75, 3.05) is 5.73 Å². The molecule has 1 aromatic carbocycles. The number of aryl methyl sites for hydroxylation is 2. The van der Waals surface area contributed by atoms with Gasteiger partial charge in [-0.25, -0.2) is 0 Å². The maximum absolute atomic E-state index is 6.09. The van der Waals surface area contributed by atoms with Gasteiger partial charge in [0.15, 0.2) is 0 Å². The zero-order chi connectivity index (χ0) is 14.0. The fraction of sp³-hybridized carbons (Fsp3) is 0.267. The van der Waals surface area contributed by atoms with Crippen molar-refractivity contribution in [1.82, 2.24) is 4.98 Å². The van der Waals surface area contributed by atoms with Gasteiger partial charge in [0, 0.05) is 11.9 Å². The highest BCUT2D eigenvalue weighted by Gasteiger charge is 2.08. The quantitative estimate of drug-likeness (QED) is 0.927. The molecule has 0 saturated heterocycles. The van der Waals surface area contributed by atoms with E-state index in [0.717, 1.165) is 28.1 Å². The van der Waals surface area contributed by atoms with Gasteiger partial charge in [-0.15, -0.1) is 0 Å². The number of hydrogen-bond acceptors (Lipinski definition) is 3. The average Bonchev–Trinajstić information content (AvgIpc) is 2.39. The van der Waals surface area contributed by atoms with E-state index in [1.165, 1.54) is 0 Å². The van der Waals surface area contributed by atoms with Gasteiger partial charge in [-0.1, -0.05) is 17.7 Å². The molecule has 2 aromatic rings. The number of nitrogens with two attached hydrogens (primary N) is 1. The van der Waals surface area contributed by atoms with Crippen LogP contribution < -0.4 is 10.5 Å². The van der Waals surface area contributed by atoms with Crippen LogP contribution in [0.2, 0.25) is 5.02 Å². The van der Waals surface area contributed by atoms with Gasteiger partial charge in [0.05, 0.1) is 10.7 Å². The van der Waals surface area contributed by atoms with E-state index in [2.05, 4.69) is 4.98 Å². The van der Waals surface area contributed by atoms with Crippen LogP contribution in [0.4, 0.5) is 5.69 Å². The van der Waals surface area contributed by atoms with Crippen LogP contribution in [-0.4, -0.2) is 4.98 Å². The van der Waals surface area contributed by atoms with Gasteiger partial charge in [-0.05, 0) is 49.6 Å². The Labute approximate surface area is 118 Å². The summed E-state index contributed by atoms with van der Waals surface area (Å²) in [5.74, 6) is 0.669. The molecule has 4 heteroatoms. The highest BCUT2D eigenvalue weighted by molar-refractivity contribution is 6.32. The van der Waals surface area contributed by atoms with E-state index in [-0.39, 0.29) is 0 Å². The van der Waals surface area contributed by atoms with Crippen LogP contribution in [0.5, 0.6) is 5.75 Å². The predicted octanol–water partition coefficient (Wildman–Crippen LogP) is 3.82. The Bertz CT molecular complexity index is 611. The number of anilines is 1. The normalized spacial score (nSPS) is 10.5. The second-order valence-corrected chi connectivity index (χ2v) is 5.06. The van der Waals surface area contributed by atoms with Crippen LogP contribution in [0.1, 0.15) is 22.4 Å². The van der Waals surface area contributed by atoms with Crippen molar-refractivity contribution in [3.8, 4) is 5.75 Å². The Kier molecular flexibility index (Phi) is 3.96. The highest BCUT2D eigenvalue weighted by atomic mass is 35.5. The Balaban J connectivity index is 2.19. The van der Waals surface area contributed by atoms with Crippen LogP contribution in [-0.2, 0) is 6.61 Å². The minimum Gasteiger partial charge on any atom is -0.486 e. The molecule has 0 amide bonds. The van der Waals surface area contributed by atoms with Crippen LogP contribution >= 0.6 is 11.6 Å². The molecule has 0 bridgehead atoms. The zero-order valence-electron chi connectivity index (χ0n) is 11.3. The molecular formula is C15H17ClN2O. The second-order valence-electron chi connectivity index (χ2n) is 4.65. The largest absolute Gasteiger partial charge is 0.486 e. The van der Waals surface area contributed by atoms with Crippen LogP contribution in [0.3, 0.4) is 0 Å². The third-order valence-corrected chi connectivity index (χ3v) is 3.44.